The molecule has 0 saturated heterocycles. The summed E-state index contributed by atoms with van der Waals surface area (Å²) in [5, 5.41) is 0. The Morgan fingerprint density at radius 2 is 2.08 bits per heavy atom. The average molecular weight is 175 g/mol. The van der Waals surface area contributed by atoms with E-state index in [9.17, 15) is 13.2 Å². The van der Waals surface area contributed by atoms with E-state index in [1.807, 2.05) is 0 Å². The van der Waals surface area contributed by atoms with Gasteiger partial charge in [0.05, 0.1) is 5.57 Å². The van der Waals surface area contributed by atoms with E-state index in [2.05, 4.69) is 11.6 Å². The highest BCUT2D eigenvalue weighted by Crippen LogP contribution is 2.34. The molecule has 0 amide bonds. The Kier molecular flexibility index (Phi) is 2.08. The smallest absolute Gasteiger partial charge is 0.268 e. The molecule has 0 aromatic heterocycles. The van der Waals surface area contributed by atoms with Crippen LogP contribution >= 0.6 is 0 Å². The van der Waals surface area contributed by atoms with Crippen LogP contribution in [0.25, 0.3) is 0 Å². The third kappa shape index (κ3) is 1.57. The molecule has 0 radical (unpaired) electrons. The van der Waals surface area contributed by atoms with E-state index in [0.29, 0.717) is 0 Å². The van der Waals surface area contributed by atoms with E-state index in [1.54, 1.807) is 6.92 Å². The van der Waals surface area contributed by atoms with Crippen LogP contribution in [0.1, 0.15) is 6.92 Å². The van der Waals surface area contributed by atoms with Crippen LogP contribution in [0.2, 0.25) is 0 Å². The molecular formula is C8H8F3N. The molecule has 0 fully saturated rings. The zero-order chi connectivity index (χ0) is 9.35. The SMILES string of the molecule is C=C1C(C(F)(F)F)=CN=CC1C. The molecule has 4 heteroatoms. The second kappa shape index (κ2) is 2.77. The Morgan fingerprint density at radius 1 is 1.50 bits per heavy atom. The van der Waals surface area contributed by atoms with Gasteiger partial charge in [-0.3, -0.25) is 4.99 Å². The molecule has 1 heterocycles. The van der Waals surface area contributed by atoms with Crippen molar-refractivity contribution < 1.29 is 13.2 Å². The van der Waals surface area contributed by atoms with Gasteiger partial charge in [-0.15, -0.1) is 0 Å². The summed E-state index contributed by atoms with van der Waals surface area (Å²) in [6.07, 6.45) is -2.08. The zero-order valence-electron chi connectivity index (χ0n) is 6.52. The molecule has 0 aromatic rings. The maximum absolute atomic E-state index is 12.2. The lowest BCUT2D eigenvalue weighted by Gasteiger charge is -2.19. The minimum Gasteiger partial charge on any atom is -0.268 e. The molecule has 1 aliphatic rings. The number of alkyl halides is 3. The molecule has 66 valence electrons. The number of halogens is 3. The Labute approximate surface area is 68.3 Å². The van der Waals surface area contributed by atoms with Crippen LogP contribution in [0, 0.1) is 5.92 Å². The van der Waals surface area contributed by atoms with E-state index in [1.165, 1.54) is 6.21 Å². The zero-order valence-corrected chi connectivity index (χ0v) is 6.52. The van der Waals surface area contributed by atoms with E-state index in [4.69, 9.17) is 0 Å². The van der Waals surface area contributed by atoms with Crippen molar-refractivity contribution in [1.29, 1.82) is 0 Å². The molecule has 0 bridgehead atoms. The number of hydrogen-bond donors (Lipinski definition) is 0. The molecule has 1 aliphatic heterocycles. The lowest BCUT2D eigenvalue weighted by atomic mass is 9.95. The molecule has 0 N–H and O–H groups in total. The van der Waals surface area contributed by atoms with E-state index >= 15 is 0 Å². The van der Waals surface area contributed by atoms with Crippen LogP contribution in [-0.2, 0) is 0 Å². The second-order valence-corrected chi connectivity index (χ2v) is 2.65. The normalized spacial score (nSPS) is 24.2. The molecule has 0 saturated carbocycles. The van der Waals surface area contributed by atoms with Gasteiger partial charge in [0.25, 0.3) is 0 Å². The lowest BCUT2D eigenvalue weighted by Crippen LogP contribution is -2.19. The van der Waals surface area contributed by atoms with Crippen molar-refractivity contribution in [3.05, 3.63) is 23.9 Å². The minimum atomic E-state index is -4.33. The lowest BCUT2D eigenvalue weighted by molar-refractivity contribution is -0.0900. The maximum atomic E-state index is 12.2. The maximum Gasteiger partial charge on any atom is 0.418 e. The van der Waals surface area contributed by atoms with Gasteiger partial charge in [0, 0.05) is 18.3 Å². The van der Waals surface area contributed by atoms with Crippen LogP contribution in [0.3, 0.4) is 0 Å². The fraction of sp³-hybridized carbons (Fsp3) is 0.375. The van der Waals surface area contributed by atoms with Crippen molar-refractivity contribution >= 4 is 6.21 Å². The van der Waals surface area contributed by atoms with Crippen LogP contribution < -0.4 is 0 Å². The summed E-state index contributed by atoms with van der Waals surface area (Å²) in [6, 6.07) is 0. The van der Waals surface area contributed by atoms with Crippen LogP contribution in [-0.4, -0.2) is 12.4 Å². The predicted octanol–water partition coefficient (Wildman–Crippen LogP) is 2.71. The van der Waals surface area contributed by atoms with Crippen LogP contribution in [0.4, 0.5) is 13.2 Å². The number of allylic oxidation sites excluding steroid dienone is 2. The van der Waals surface area contributed by atoms with Crippen molar-refractivity contribution in [2.24, 2.45) is 10.9 Å². The number of rotatable bonds is 0. The highest BCUT2D eigenvalue weighted by Gasteiger charge is 2.37. The van der Waals surface area contributed by atoms with Gasteiger partial charge in [0.15, 0.2) is 0 Å². The topological polar surface area (TPSA) is 12.4 Å². The summed E-state index contributed by atoms with van der Waals surface area (Å²) < 4.78 is 36.5. The van der Waals surface area contributed by atoms with Gasteiger partial charge >= 0.3 is 6.18 Å². The van der Waals surface area contributed by atoms with Gasteiger partial charge in [-0.05, 0) is 5.57 Å². The Bertz CT molecular complexity index is 260. The summed E-state index contributed by atoms with van der Waals surface area (Å²) in [7, 11) is 0. The monoisotopic (exact) mass is 175 g/mol. The van der Waals surface area contributed by atoms with Crippen molar-refractivity contribution in [3.8, 4) is 0 Å². The largest absolute Gasteiger partial charge is 0.418 e. The van der Waals surface area contributed by atoms with Crippen molar-refractivity contribution in [1.82, 2.24) is 0 Å². The molecule has 0 spiro atoms. The molecule has 0 aliphatic carbocycles. The van der Waals surface area contributed by atoms with Gasteiger partial charge in [-0.1, -0.05) is 13.5 Å². The molecule has 1 atom stereocenters. The highest BCUT2D eigenvalue weighted by atomic mass is 19.4. The molecule has 12 heavy (non-hydrogen) atoms. The number of hydrogen-bond acceptors (Lipinski definition) is 1. The first-order valence-electron chi connectivity index (χ1n) is 3.42. The van der Waals surface area contributed by atoms with Crippen molar-refractivity contribution in [2.45, 2.75) is 13.1 Å². The quantitative estimate of drug-likeness (QED) is 0.536. The summed E-state index contributed by atoms with van der Waals surface area (Å²) in [5.41, 5.74) is -0.644. The van der Waals surface area contributed by atoms with Gasteiger partial charge in [-0.25, -0.2) is 0 Å². The standard InChI is InChI=1S/C8H8F3N/c1-5-3-12-4-7(6(5)2)8(9,10)11/h3-5H,2H2,1H3. The van der Waals surface area contributed by atoms with Gasteiger partial charge in [-0.2, -0.15) is 13.2 Å². The summed E-state index contributed by atoms with van der Waals surface area (Å²) >= 11 is 0. The first-order chi connectivity index (χ1) is 5.43. The fourth-order valence-electron chi connectivity index (χ4n) is 0.920. The van der Waals surface area contributed by atoms with Crippen LogP contribution in [0.5, 0.6) is 0 Å². The van der Waals surface area contributed by atoms with Gasteiger partial charge in [0.2, 0.25) is 0 Å². The van der Waals surface area contributed by atoms with Crippen LogP contribution in [0.15, 0.2) is 28.9 Å². The molecule has 0 aromatic carbocycles. The first-order valence-corrected chi connectivity index (χ1v) is 3.42. The number of nitrogens with zero attached hydrogens (tertiary/aromatic N) is 1. The summed E-state index contributed by atoms with van der Waals surface area (Å²) in [5.74, 6) is -0.327. The second-order valence-electron chi connectivity index (χ2n) is 2.65. The minimum absolute atomic E-state index is 0.0810. The summed E-state index contributed by atoms with van der Waals surface area (Å²) in [4.78, 5) is 3.49. The van der Waals surface area contributed by atoms with E-state index in [-0.39, 0.29) is 11.5 Å². The Hall–Kier alpha value is -1.06. The van der Waals surface area contributed by atoms with Gasteiger partial charge < -0.3 is 0 Å². The Balaban J connectivity index is 2.99. The van der Waals surface area contributed by atoms with E-state index in [0.717, 1.165) is 6.20 Å². The Morgan fingerprint density at radius 3 is 2.50 bits per heavy atom. The first kappa shape index (κ1) is 9.03. The fourth-order valence-corrected chi connectivity index (χ4v) is 0.920. The molecular weight excluding hydrogens is 167 g/mol. The predicted molar refractivity (Wildman–Crippen MR) is 40.9 cm³/mol. The third-order valence-electron chi connectivity index (χ3n) is 1.71. The average Bonchev–Trinajstić information content (AvgIpc) is 1.92. The number of aliphatic imine (C=N–C) groups is 1. The van der Waals surface area contributed by atoms with E-state index < -0.39 is 11.7 Å². The third-order valence-corrected chi connectivity index (χ3v) is 1.71. The van der Waals surface area contributed by atoms with Crippen molar-refractivity contribution in [3.63, 3.8) is 0 Å². The molecule has 1 rings (SSSR count). The molecule has 1 nitrogen and oxygen atoms in total. The van der Waals surface area contributed by atoms with Gasteiger partial charge in [0.1, 0.15) is 0 Å². The van der Waals surface area contributed by atoms with Crippen molar-refractivity contribution in [2.75, 3.05) is 0 Å². The highest BCUT2D eigenvalue weighted by molar-refractivity contribution is 5.70. The molecule has 1 unspecified atom stereocenters. The summed E-state index contributed by atoms with van der Waals surface area (Å²) in [6.45, 7) is 4.99.